The highest BCUT2D eigenvalue weighted by Crippen LogP contribution is 2.34. The first kappa shape index (κ1) is 15.2. The molecule has 1 fully saturated rings. The Morgan fingerprint density at radius 1 is 1.52 bits per heavy atom. The summed E-state index contributed by atoms with van der Waals surface area (Å²) in [5, 5.41) is 20.3. The van der Waals surface area contributed by atoms with Gasteiger partial charge in [0.1, 0.15) is 5.69 Å². The van der Waals surface area contributed by atoms with Gasteiger partial charge in [0, 0.05) is 25.2 Å². The van der Waals surface area contributed by atoms with E-state index < -0.39 is 10.9 Å². The molecule has 0 bridgehead atoms. The Hall–Kier alpha value is -2.15. The first-order valence-corrected chi connectivity index (χ1v) is 6.83. The number of carbonyl (C=O) groups is 1. The lowest BCUT2D eigenvalue weighted by Crippen LogP contribution is -2.37. The number of carboxylic acid groups (broad SMARTS) is 1. The molecule has 2 rings (SSSR count). The van der Waals surface area contributed by atoms with E-state index in [-0.39, 0.29) is 17.3 Å². The second kappa shape index (κ2) is 6.09. The molecule has 0 saturated carbocycles. The van der Waals surface area contributed by atoms with E-state index in [1.54, 1.807) is 0 Å². The van der Waals surface area contributed by atoms with E-state index >= 15 is 0 Å². The number of nitro benzene ring substituents is 1. The van der Waals surface area contributed by atoms with Crippen LogP contribution in [0.2, 0.25) is 0 Å². The van der Waals surface area contributed by atoms with Crippen LogP contribution < -0.4 is 4.90 Å². The van der Waals surface area contributed by atoms with E-state index in [0.29, 0.717) is 12.2 Å². The van der Waals surface area contributed by atoms with Crippen LogP contribution in [0.5, 0.6) is 0 Å². The van der Waals surface area contributed by atoms with Crippen LogP contribution in [0.4, 0.5) is 11.4 Å². The molecule has 0 radical (unpaired) electrons. The Kier molecular flexibility index (Phi) is 4.42. The number of nitro groups is 1. The molecule has 1 aromatic carbocycles. The molecule has 1 atom stereocenters. The predicted molar refractivity (Wildman–Crippen MR) is 79.0 cm³/mol. The van der Waals surface area contributed by atoms with Gasteiger partial charge in [-0.3, -0.25) is 10.1 Å². The number of anilines is 1. The number of hydrogen-bond donors (Lipinski definition) is 1. The van der Waals surface area contributed by atoms with E-state index in [4.69, 9.17) is 5.11 Å². The van der Waals surface area contributed by atoms with Crippen molar-refractivity contribution in [2.24, 2.45) is 0 Å². The molecule has 114 valence electrons. The number of benzene rings is 1. The van der Waals surface area contributed by atoms with Crippen molar-refractivity contribution in [3.05, 3.63) is 33.9 Å². The summed E-state index contributed by atoms with van der Waals surface area (Å²) in [5.41, 5.74) is 0.445. The van der Waals surface area contributed by atoms with Crippen LogP contribution in [-0.4, -0.2) is 54.1 Å². The number of hydrogen-bond acceptors (Lipinski definition) is 5. The second-order valence-electron chi connectivity index (χ2n) is 5.52. The summed E-state index contributed by atoms with van der Waals surface area (Å²) in [6, 6.07) is 4.14. The standard InChI is InChI=1S/C14H19N3O4/c1-15(2)9-11-4-3-7-16(11)13-8-10(14(18)19)5-6-12(13)17(20)21/h5-6,8,11H,3-4,7,9H2,1-2H3,(H,18,19). The Morgan fingerprint density at radius 2 is 2.24 bits per heavy atom. The zero-order chi connectivity index (χ0) is 15.6. The van der Waals surface area contributed by atoms with Crippen LogP contribution in [0.3, 0.4) is 0 Å². The van der Waals surface area contributed by atoms with Crippen molar-refractivity contribution in [3.8, 4) is 0 Å². The molecular weight excluding hydrogens is 274 g/mol. The van der Waals surface area contributed by atoms with E-state index in [2.05, 4.69) is 0 Å². The Bertz CT molecular complexity index is 559. The Morgan fingerprint density at radius 3 is 2.81 bits per heavy atom. The fourth-order valence-electron chi connectivity index (χ4n) is 2.81. The first-order valence-electron chi connectivity index (χ1n) is 6.83. The van der Waals surface area contributed by atoms with Crippen LogP contribution in [0.1, 0.15) is 23.2 Å². The molecular formula is C14H19N3O4. The molecule has 7 nitrogen and oxygen atoms in total. The quantitative estimate of drug-likeness (QED) is 0.658. The van der Waals surface area contributed by atoms with Crippen molar-refractivity contribution in [2.45, 2.75) is 18.9 Å². The minimum Gasteiger partial charge on any atom is -0.478 e. The van der Waals surface area contributed by atoms with Crippen LogP contribution in [0.25, 0.3) is 0 Å². The van der Waals surface area contributed by atoms with Crippen LogP contribution in [-0.2, 0) is 0 Å². The van der Waals surface area contributed by atoms with Gasteiger partial charge < -0.3 is 14.9 Å². The summed E-state index contributed by atoms with van der Waals surface area (Å²) in [6.07, 6.45) is 1.90. The second-order valence-corrected chi connectivity index (χ2v) is 5.52. The van der Waals surface area contributed by atoms with Gasteiger partial charge in [0.15, 0.2) is 0 Å². The molecule has 0 aliphatic carbocycles. The zero-order valence-corrected chi connectivity index (χ0v) is 12.2. The highest BCUT2D eigenvalue weighted by atomic mass is 16.6. The van der Waals surface area contributed by atoms with Gasteiger partial charge in [-0.1, -0.05) is 0 Å². The number of aromatic carboxylic acids is 1. The smallest absolute Gasteiger partial charge is 0.335 e. The number of likely N-dealkylation sites (N-methyl/N-ethyl adjacent to an activating group) is 1. The molecule has 0 spiro atoms. The van der Waals surface area contributed by atoms with Crippen LogP contribution in [0.15, 0.2) is 18.2 Å². The molecule has 0 aromatic heterocycles. The maximum atomic E-state index is 11.2. The Labute approximate surface area is 122 Å². The minimum absolute atomic E-state index is 0.0364. The lowest BCUT2D eigenvalue weighted by molar-refractivity contribution is -0.384. The van der Waals surface area contributed by atoms with Crippen LogP contribution >= 0.6 is 0 Å². The summed E-state index contributed by atoms with van der Waals surface area (Å²) >= 11 is 0. The summed E-state index contributed by atoms with van der Waals surface area (Å²) in [5.74, 6) is -1.07. The summed E-state index contributed by atoms with van der Waals surface area (Å²) in [6.45, 7) is 1.50. The summed E-state index contributed by atoms with van der Waals surface area (Å²) in [4.78, 5) is 25.9. The van der Waals surface area contributed by atoms with E-state index in [1.807, 2.05) is 23.9 Å². The molecule has 1 unspecified atom stereocenters. The maximum Gasteiger partial charge on any atom is 0.335 e. The van der Waals surface area contributed by atoms with Crippen LogP contribution in [0, 0.1) is 10.1 Å². The highest BCUT2D eigenvalue weighted by molar-refractivity contribution is 5.90. The average Bonchev–Trinajstić information content (AvgIpc) is 2.84. The predicted octanol–water partition coefficient (Wildman–Crippen LogP) is 1.82. The summed E-state index contributed by atoms with van der Waals surface area (Å²) < 4.78 is 0. The molecule has 7 heteroatoms. The number of rotatable bonds is 5. The lowest BCUT2D eigenvalue weighted by Gasteiger charge is -2.28. The van der Waals surface area contributed by atoms with Crippen molar-refractivity contribution in [2.75, 3.05) is 32.1 Å². The van der Waals surface area contributed by atoms with Gasteiger partial charge in [-0.25, -0.2) is 4.79 Å². The third-order valence-corrected chi connectivity index (χ3v) is 3.68. The molecule has 1 aliphatic heterocycles. The Balaban J connectivity index is 2.41. The first-order chi connectivity index (χ1) is 9.90. The van der Waals surface area contributed by atoms with Gasteiger partial charge in [0.2, 0.25) is 0 Å². The fourth-order valence-corrected chi connectivity index (χ4v) is 2.81. The zero-order valence-electron chi connectivity index (χ0n) is 12.2. The molecule has 1 saturated heterocycles. The van der Waals surface area contributed by atoms with Gasteiger partial charge in [0.05, 0.1) is 10.5 Å². The molecule has 0 amide bonds. The lowest BCUT2D eigenvalue weighted by atomic mass is 10.1. The van der Waals surface area contributed by atoms with E-state index in [1.165, 1.54) is 18.2 Å². The highest BCUT2D eigenvalue weighted by Gasteiger charge is 2.30. The van der Waals surface area contributed by atoms with E-state index in [0.717, 1.165) is 19.4 Å². The van der Waals surface area contributed by atoms with Crippen molar-refractivity contribution >= 4 is 17.3 Å². The SMILES string of the molecule is CN(C)CC1CCCN1c1cc(C(=O)O)ccc1[N+](=O)[O-]. The minimum atomic E-state index is -1.07. The van der Waals surface area contributed by atoms with Crippen molar-refractivity contribution < 1.29 is 14.8 Å². The van der Waals surface area contributed by atoms with Crippen molar-refractivity contribution in [1.82, 2.24) is 4.90 Å². The monoisotopic (exact) mass is 293 g/mol. The third kappa shape index (κ3) is 3.30. The van der Waals surface area contributed by atoms with E-state index in [9.17, 15) is 14.9 Å². The average molecular weight is 293 g/mol. The molecule has 1 aromatic rings. The topological polar surface area (TPSA) is 86.9 Å². The van der Waals surface area contributed by atoms with Gasteiger partial charge in [-0.15, -0.1) is 0 Å². The number of carboxylic acids is 1. The molecule has 1 aliphatic rings. The van der Waals surface area contributed by atoms with Gasteiger partial charge in [-0.05, 0) is 39.1 Å². The third-order valence-electron chi connectivity index (χ3n) is 3.68. The van der Waals surface area contributed by atoms with Gasteiger partial charge >= 0.3 is 5.97 Å². The number of nitrogens with zero attached hydrogens (tertiary/aromatic N) is 3. The fraction of sp³-hybridized carbons (Fsp3) is 0.500. The van der Waals surface area contributed by atoms with Crippen molar-refractivity contribution in [3.63, 3.8) is 0 Å². The van der Waals surface area contributed by atoms with Gasteiger partial charge in [-0.2, -0.15) is 0 Å². The van der Waals surface area contributed by atoms with Crippen molar-refractivity contribution in [1.29, 1.82) is 0 Å². The molecule has 1 N–H and O–H groups in total. The maximum absolute atomic E-state index is 11.2. The van der Waals surface area contributed by atoms with Gasteiger partial charge in [0.25, 0.3) is 5.69 Å². The summed E-state index contributed by atoms with van der Waals surface area (Å²) in [7, 11) is 3.91. The largest absolute Gasteiger partial charge is 0.478 e. The molecule has 21 heavy (non-hydrogen) atoms. The molecule has 1 heterocycles. The normalized spacial score (nSPS) is 18.2.